The van der Waals surface area contributed by atoms with Crippen LogP contribution < -0.4 is 5.73 Å². The van der Waals surface area contributed by atoms with Gasteiger partial charge in [-0.2, -0.15) is 0 Å². The number of nitrogens with zero attached hydrogens (tertiary/aromatic N) is 3. The molecule has 22 heavy (non-hydrogen) atoms. The summed E-state index contributed by atoms with van der Waals surface area (Å²) in [6, 6.07) is 1.93. The monoisotopic (exact) mass is 302 g/mol. The average Bonchev–Trinajstić information content (AvgIpc) is 2.81. The quantitative estimate of drug-likeness (QED) is 0.871. The van der Waals surface area contributed by atoms with E-state index in [0.29, 0.717) is 35.4 Å². The highest BCUT2D eigenvalue weighted by Crippen LogP contribution is 2.30. The minimum atomic E-state index is -0.0845. The summed E-state index contributed by atoms with van der Waals surface area (Å²) in [6.07, 6.45) is 0.814. The first-order chi connectivity index (χ1) is 10.3. The van der Waals surface area contributed by atoms with Gasteiger partial charge >= 0.3 is 0 Å². The third-order valence-electron chi connectivity index (χ3n) is 4.57. The first-order valence-electron chi connectivity index (χ1n) is 7.58. The maximum Gasteiger partial charge on any atom is 0.258 e. The molecule has 0 spiro atoms. The Bertz CT molecular complexity index is 735. The van der Waals surface area contributed by atoms with Crippen molar-refractivity contribution in [3.63, 3.8) is 0 Å². The molecule has 0 bridgehead atoms. The van der Waals surface area contributed by atoms with Crippen LogP contribution >= 0.6 is 0 Å². The molecule has 6 heteroatoms. The van der Waals surface area contributed by atoms with E-state index >= 15 is 0 Å². The summed E-state index contributed by atoms with van der Waals surface area (Å²) in [4.78, 5) is 19.2. The van der Waals surface area contributed by atoms with E-state index in [1.807, 2.05) is 24.8 Å². The summed E-state index contributed by atoms with van der Waals surface area (Å²) in [5.41, 5.74) is 8.56. The number of rotatable bonds is 1. The van der Waals surface area contributed by atoms with Crippen molar-refractivity contribution in [2.45, 2.75) is 40.2 Å². The molecule has 1 saturated heterocycles. The molecule has 2 aromatic rings. The van der Waals surface area contributed by atoms with E-state index < -0.39 is 0 Å². The van der Waals surface area contributed by atoms with Gasteiger partial charge in [-0.25, -0.2) is 4.98 Å². The van der Waals surface area contributed by atoms with Gasteiger partial charge < -0.3 is 15.2 Å². The molecule has 0 aliphatic carbocycles. The van der Waals surface area contributed by atoms with E-state index in [1.165, 1.54) is 0 Å². The van der Waals surface area contributed by atoms with Crippen LogP contribution in [0.1, 0.15) is 42.0 Å². The number of piperidine rings is 1. The number of carbonyl (C=O) groups is 1. The number of likely N-dealkylation sites (tertiary alicyclic amines) is 1. The lowest BCUT2D eigenvalue weighted by Crippen LogP contribution is -2.54. The molecule has 0 radical (unpaired) electrons. The first kappa shape index (κ1) is 15.0. The Labute approximate surface area is 129 Å². The van der Waals surface area contributed by atoms with Gasteiger partial charge in [0.15, 0.2) is 0 Å². The van der Waals surface area contributed by atoms with Crippen LogP contribution in [0.25, 0.3) is 11.1 Å². The number of nitrogens with two attached hydrogens (primary N) is 1. The molecular weight excluding hydrogens is 280 g/mol. The number of pyridine rings is 1. The Kier molecular flexibility index (Phi) is 3.44. The van der Waals surface area contributed by atoms with Crippen LogP contribution in [0, 0.1) is 19.3 Å². The van der Waals surface area contributed by atoms with Gasteiger partial charge in [0.2, 0.25) is 0 Å². The summed E-state index contributed by atoms with van der Waals surface area (Å²) < 4.78 is 5.21. The second-order valence-corrected chi connectivity index (χ2v) is 6.87. The van der Waals surface area contributed by atoms with Crippen LogP contribution in [-0.4, -0.2) is 40.1 Å². The smallest absolute Gasteiger partial charge is 0.258 e. The second kappa shape index (κ2) is 5.05. The third-order valence-corrected chi connectivity index (χ3v) is 4.57. The van der Waals surface area contributed by atoms with Crippen molar-refractivity contribution in [2.75, 3.05) is 13.1 Å². The lowest BCUT2D eigenvalue weighted by atomic mass is 9.79. The van der Waals surface area contributed by atoms with Crippen molar-refractivity contribution in [3.8, 4) is 0 Å². The molecule has 118 valence electrons. The van der Waals surface area contributed by atoms with Gasteiger partial charge in [-0.1, -0.05) is 19.0 Å². The fourth-order valence-electron chi connectivity index (χ4n) is 3.10. The van der Waals surface area contributed by atoms with Crippen molar-refractivity contribution >= 4 is 17.0 Å². The number of carbonyl (C=O) groups excluding carboxylic acids is 1. The molecule has 1 aliphatic heterocycles. The highest BCUT2D eigenvalue weighted by Gasteiger charge is 2.36. The Hall–Kier alpha value is -1.95. The summed E-state index contributed by atoms with van der Waals surface area (Å²) in [6.45, 7) is 9.22. The topological polar surface area (TPSA) is 85.2 Å². The maximum atomic E-state index is 13.0. The molecule has 1 fully saturated rings. The maximum absolute atomic E-state index is 13.0. The lowest BCUT2D eigenvalue weighted by molar-refractivity contribution is 0.0534. The van der Waals surface area contributed by atoms with E-state index in [4.69, 9.17) is 10.3 Å². The summed E-state index contributed by atoms with van der Waals surface area (Å²) >= 11 is 0. The first-order valence-corrected chi connectivity index (χ1v) is 7.58. The number of hydrogen-bond donors (Lipinski definition) is 1. The highest BCUT2D eigenvalue weighted by molar-refractivity contribution is 6.06. The molecule has 1 amide bonds. The molecule has 0 aromatic carbocycles. The van der Waals surface area contributed by atoms with E-state index in [1.54, 1.807) is 0 Å². The predicted molar refractivity (Wildman–Crippen MR) is 83.6 cm³/mol. The molecule has 6 nitrogen and oxygen atoms in total. The molecule has 0 saturated carbocycles. The van der Waals surface area contributed by atoms with Crippen molar-refractivity contribution < 1.29 is 9.32 Å². The van der Waals surface area contributed by atoms with Gasteiger partial charge in [0.1, 0.15) is 0 Å². The van der Waals surface area contributed by atoms with Crippen molar-refractivity contribution in [1.29, 1.82) is 0 Å². The standard InChI is InChI=1S/C16H22N4O2/c1-9-7-11(13-10(2)19-22-14(13)18-9)15(21)20-6-5-12(17)16(3,4)8-20/h7,12H,5-6,8,17H2,1-4H3. The van der Waals surface area contributed by atoms with Gasteiger partial charge in [-0.05, 0) is 31.7 Å². The molecule has 3 heterocycles. The molecule has 2 aromatic heterocycles. The molecule has 1 unspecified atom stereocenters. The number of hydrogen-bond acceptors (Lipinski definition) is 5. The Balaban J connectivity index is 2.01. The number of fused-ring (bicyclic) bond motifs is 1. The highest BCUT2D eigenvalue weighted by atomic mass is 16.5. The number of aromatic nitrogens is 2. The van der Waals surface area contributed by atoms with Crippen LogP contribution in [0.15, 0.2) is 10.6 Å². The molecule has 1 atom stereocenters. The van der Waals surface area contributed by atoms with Crippen molar-refractivity contribution in [3.05, 3.63) is 23.0 Å². The van der Waals surface area contributed by atoms with Gasteiger partial charge in [0, 0.05) is 24.8 Å². The normalized spacial score (nSPS) is 21.3. The van der Waals surface area contributed by atoms with E-state index in [2.05, 4.69) is 24.0 Å². The van der Waals surface area contributed by atoms with E-state index in [0.717, 1.165) is 12.1 Å². The fraction of sp³-hybridized carbons (Fsp3) is 0.562. The summed E-state index contributed by atoms with van der Waals surface area (Å²) in [7, 11) is 0. The van der Waals surface area contributed by atoms with Gasteiger partial charge in [-0.15, -0.1) is 0 Å². The predicted octanol–water partition coefficient (Wildman–Crippen LogP) is 2.04. The van der Waals surface area contributed by atoms with Crippen LogP contribution in [0.4, 0.5) is 0 Å². The Morgan fingerprint density at radius 1 is 1.45 bits per heavy atom. The largest absolute Gasteiger partial charge is 0.338 e. The zero-order valence-electron chi connectivity index (χ0n) is 13.5. The zero-order chi connectivity index (χ0) is 16.1. The van der Waals surface area contributed by atoms with Crippen molar-refractivity contribution in [1.82, 2.24) is 15.0 Å². The van der Waals surface area contributed by atoms with Gasteiger partial charge in [0.25, 0.3) is 11.6 Å². The minimum absolute atomic E-state index is 0.00164. The number of aryl methyl sites for hydroxylation is 2. The van der Waals surface area contributed by atoms with Crippen molar-refractivity contribution in [2.24, 2.45) is 11.1 Å². The van der Waals surface area contributed by atoms with Crippen LogP contribution in [0.2, 0.25) is 0 Å². The minimum Gasteiger partial charge on any atom is -0.338 e. The molecule has 2 N–H and O–H groups in total. The van der Waals surface area contributed by atoms with E-state index in [9.17, 15) is 4.79 Å². The van der Waals surface area contributed by atoms with E-state index in [-0.39, 0.29) is 17.4 Å². The molecule has 1 aliphatic rings. The average molecular weight is 302 g/mol. The summed E-state index contributed by atoms with van der Waals surface area (Å²) in [5, 5.41) is 4.65. The Morgan fingerprint density at radius 3 is 2.86 bits per heavy atom. The van der Waals surface area contributed by atoms with Crippen LogP contribution in [0.5, 0.6) is 0 Å². The summed E-state index contributed by atoms with van der Waals surface area (Å²) in [5.74, 6) is 0.00164. The number of amides is 1. The zero-order valence-corrected chi connectivity index (χ0v) is 13.5. The van der Waals surface area contributed by atoms with Gasteiger partial charge in [-0.3, -0.25) is 4.79 Å². The van der Waals surface area contributed by atoms with Crippen LogP contribution in [-0.2, 0) is 0 Å². The van der Waals surface area contributed by atoms with Gasteiger partial charge in [0.05, 0.1) is 16.6 Å². The molecule has 3 rings (SSSR count). The second-order valence-electron chi connectivity index (χ2n) is 6.87. The third kappa shape index (κ3) is 2.37. The lowest BCUT2D eigenvalue weighted by Gasteiger charge is -2.42. The Morgan fingerprint density at radius 2 is 2.18 bits per heavy atom. The molecular formula is C16H22N4O2. The van der Waals surface area contributed by atoms with Crippen LogP contribution in [0.3, 0.4) is 0 Å². The SMILES string of the molecule is Cc1cc(C(=O)N2CCC(N)C(C)(C)C2)c2c(C)noc2n1. The fourth-order valence-corrected chi connectivity index (χ4v) is 3.10.